The van der Waals surface area contributed by atoms with E-state index in [0.29, 0.717) is 5.69 Å². The quantitative estimate of drug-likeness (QED) is 0.658. The van der Waals surface area contributed by atoms with Crippen molar-refractivity contribution in [3.05, 3.63) is 28.2 Å². The van der Waals surface area contributed by atoms with Crippen molar-refractivity contribution < 1.29 is 4.79 Å². The topological polar surface area (TPSA) is 58.7 Å². The fourth-order valence-electron chi connectivity index (χ4n) is 1.19. The van der Waals surface area contributed by atoms with E-state index in [1.807, 2.05) is 32.9 Å². The van der Waals surface area contributed by atoms with Crippen molar-refractivity contribution in [2.24, 2.45) is 10.8 Å². The number of nitrogens with zero attached hydrogens (tertiary/aromatic N) is 2. The summed E-state index contributed by atoms with van der Waals surface area (Å²) in [7, 11) is 0. The summed E-state index contributed by atoms with van der Waals surface area (Å²) in [6.07, 6.45) is 0. The van der Waals surface area contributed by atoms with Gasteiger partial charge in [0.25, 0.3) is 0 Å². The van der Waals surface area contributed by atoms with Crippen LogP contribution in [0.4, 0.5) is 10.5 Å². The van der Waals surface area contributed by atoms with Crippen LogP contribution in [0.5, 0.6) is 0 Å². The lowest BCUT2D eigenvalue weighted by Crippen LogP contribution is -2.31. The van der Waals surface area contributed by atoms with Crippen molar-refractivity contribution in [2.45, 2.75) is 20.8 Å². The molecule has 0 fully saturated rings. The summed E-state index contributed by atoms with van der Waals surface area (Å²) in [5, 5.41) is 5.27. The number of aryl methyl sites for hydroxylation is 1. The normalized spacial score (nSPS) is 9.75. The van der Waals surface area contributed by atoms with E-state index in [4.69, 9.17) is 5.73 Å². The highest BCUT2D eigenvalue weighted by Gasteiger charge is 2.11. The molecule has 0 aliphatic heterocycles. The Labute approximate surface area is 103 Å². The van der Waals surface area contributed by atoms with E-state index in [1.54, 1.807) is 6.07 Å². The molecule has 0 heterocycles. The van der Waals surface area contributed by atoms with Gasteiger partial charge in [-0.25, -0.2) is 4.79 Å². The minimum atomic E-state index is -0.595. The van der Waals surface area contributed by atoms with Gasteiger partial charge < -0.3 is 5.73 Å². The lowest BCUT2D eigenvalue weighted by atomic mass is 10.2. The summed E-state index contributed by atoms with van der Waals surface area (Å²) >= 11 is 3.40. The van der Waals surface area contributed by atoms with Crippen molar-refractivity contribution >= 4 is 33.4 Å². The number of primary amides is 1. The molecule has 2 N–H and O–H groups in total. The molecular weight excluding hydrogens is 270 g/mol. The molecule has 0 radical (unpaired) electrons. The number of rotatable bonds is 2. The van der Waals surface area contributed by atoms with Gasteiger partial charge in [0, 0.05) is 10.2 Å². The van der Waals surface area contributed by atoms with Gasteiger partial charge in [-0.1, -0.05) is 15.9 Å². The molecule has 1 aromatic carbocycles. The highest BCUT2D eigenvalue weighted by atomic mass is 79.9. The fraction of sp³-hybridized carbons (Fsp3) is 0.273. The zero-order chi connectivity index (χ0) is 12.3. The van der Waals surface area contributed by atoms with E-state index in [-0.39, 0.29) is 0 Å². The number of anilines is 1. The maximum Gasteiger partial charge on any atom is 0.339 e. The van der Waals surface area contributed by atoms with Crippen LogP contribution in [0.15, 0.2) is 27.8 Å². The van der Waals surface area contributed by atoms with Gasteiger partial charge in [0.1, 0.15) is 0 Å². The highest BCUT2D eigenvalue weighted by Crippen LogP contribution is 2.23. The lowest BCUT2D eigenvalue weighted by molar-refractivity contribution is 0.254. The molecule has 0 aliphatic carbocycles. The molecule has 1 aromatic rings. The number of carbonyl (C=O) groups excluding carboxylic acids is 1. The number of carbonyl (C=O) groups is 1. The number of halogens is 1. The molecule has 5 heteroatoms. The van der Waals surface area contributed by atoms with Crippen LogP contribution in [0, 0.1) is 6.92 Å². The van der Waals surface area contributed by atoms with Crippen LogP contribution in [0.25, 0.3) is 0 Å². The lowest BCUT2D eigenvalue weighted by Gasteiger charge is -2.16. The average molecular weight is 284 g/mol. The van der Waals surface area contributed by atoms with Crippen LogP contribution in [-0.4, -0.2) is 11.7 Å². The maximum atomic E-state index is 11.3. The SMILES string of the molecule is CC(C)=NN(C(N)=O)c1ccc(Br)c(C)c1. The Kier molecular flexibility index (Phi) is 4.06. The number of nitrogens with two attached hydrogens (primary N) is 1. The summed E-state index contributed by atoms with van der Waals surface area (Å²) in [5.41, 5.74) is 7.72. The van der Waals surface area contributed by atoms with Gasteiger partial charge in [-0.15, -0.1) is 0 Å². The number of benzene rings is 1. The Bertz CT molecular complexity index is 439. The minimum absolute atomic E-state index is 0.595. The van der Waals surface area contributed by atoms with E-state index in [2.05, 4.69) is 21.0 Å². The molecule has 2 amide bonds. The van der Waals surface area contributed by atoms with Crippen LogP contribution in [0.3, 0.4) is 0 Å². The molecular formula is C11H14BrN3O. The molecule has 86 valence electrons. The number of amides is 2. The molecule has 0 aliphatic rings. The molecule has 16 heavy (non-hydrogen) atoms. The van der Waals surface area contributed by atoms with Crippen LogP contribution in [-0.2, 0) is 0 Å². The molecule has 0 saturated carbocycles. The van der Waals surface area contributed by atoms with E-state index in [1.165, 1.54) is 5.01 Å². The van der Waals surface area contributed by atoms with Gasteiger partial charge in [0.15, 0.2) is 0 Å². The van der Waals surface area contributed by atoms with Crippen molar-refractivity contribution in [1.29, 1.82) is 0 Å². The smallest absolute Gasteiger partial charge is 0.339 e. The van der Waals surface area contributed by atoms with Gasteiger partial charge in [0.05, 0.1) is 5.69 Å². The second-order valence-electron chi connectivity index (χ2n) is 3.63. The molecule has 0 bridgehead atoms. The first-order valence-electron chi connectivity index (χ1n) is 4.79. The average Bonchev–Trinajstić information content (AvgIpc) is 2.18. The molecule has 0 aromatic heterocycles. The number of hydrazone groups is 1. The third kappa shape index (κ3) is 3.06. The predicted octanol–water partition coefficient (Wildman–Crippen LogP) is 3.04. The Hall–Kier alpha value is -1.36. The number of hydrogen-bond donors (Lipinski definition) is 1. The minimum Gasteiger partial charge on any atom is -0.350 e. The Balaban J connectivity index is 3.17. The van der Waals surface area contributed by atoms with Crippen molar-refractivity contribution in [2.75, 3.05) is 5.01 Å². The van der Waals surface area contributed by atoms with Crippen LogP contribution < -0.4 is 10.7 Å². The van der Waals surface area contributed by atoms with Crippen LogP contribution >= 0.6 is 15.9 Å². The molecule has 4 nitrogen and oxygen atoms in total. The second kappa shape index (κ2) is 5.12. The molecule has 0 saturated heterocycles. The second-order valence-corrected chi connectivity index (χ2v) is 4.49. The number of urea groups is 1. The fourth-order valence-corrected chi connectivity index (χ4v) is 1.44. The van der Waals surface area contributed by atoms with Gasteiger partial charge in [-0.05, 0) is 44.5 Å². The van der Waals surface area contributed by atoms with Gasteiger partial charge in [-0.3, -0.25) is 0 Å². The summed E-state index contributed by atoms with van der Waals surface area (Å²) in [6, 6.07) is 4.90. The Morgan fingerprint density at radius 2 is 2.06 bits per heavy atom. The van der Waals surface area contributed by atoms with Crippen molar-refractivity contribution in [3.8, 4) is 0 Å². The van der Waals surface area contributed by atoms with Crippen LogP contribution in [0.1, 0.15) is 19.4 Å². The molecule has 0 unspecified atom stereocenters. The van der Waals surface area contributed by atoms with E-state index < -0.39 is 6.03 Å². The van der Waals surface area contributed by atoms with Gasteiger partial charge >= 0.3 is 6.03 Å². The largest absolute Gasteiger partial charge is 0.350 e. The zero-order valence-electron chi connectivity index (χ0n) is 9.49. The first kappa shape index (κ1) is 12.7. The van der Waals surface area contributed by atoms with E-state index in [0.717, 1.165) is 15.7 Å². The van der Waals surface area contributed by atoms with Crippen molar-refractivity contribution in [1.82, 2.24) is 0 Å². The third-order valence-corrected chi connectivity index (χ3v) is 2.78. The van der Waals surface area contributed by atoms with Gasteiger partial charge in [0.2, 0.25) is 0 Å². The molecule has 0 atom stereocenters. The Morgan fingerprint density at radius 1 is 1.44 bits per heavy atom. The van der Waals surface area contributed by atoms with Gasteiger partial charge in [-0.2, -0.15) is 10.1 Å². The van der Waals surface area contributed by atoms with E-state index in [9.17, 15) is 4.79 Å². The van der Waals surface area contributed by atoms with E-state index >= 15 is 0 Å². The predicted molar refractivity (Wildman–Crippen MR) is 69.7 cm³/mol. The van der Waals surface area contributed by atoms with Crippen molar-refractivity contribution in [3.63, 3.8) is 0 Å². The monoisotopic (exact) mass is 283 g/mol. The standard InChI is InChI=1S/C11H14BrN3O/c1-7(2)14-15(11(13)16)9-4-5-10(12)8(3)6-9/h4-6H,1-3H3,(H2,13,16). The maximum absolute atomic E-state index is 11.3. The first-order valence-corrected chi connectivity index (χ1v) is 5.58. The summed E-state index contributed by atoms with van der Waals surface area (Å²) in [5.74, 6) is 0. The third-order valence-electron chi connectivity index (χ3n) is 1.89. The zero-order valence-corrected chi connectivity index (χ0v) is 11.1. The van der Waals surface area contributed by atoms with Crippen LogP contribution in [0.2, 0.25) is 0 Å². The Morgan fingerprint density at radius 3 is 2.50 bits per heavy atom. The molecule has 0 spiro atoms. The summed E-state index contributed by atoms with van der Waals surface area (Å²) in [6.45, 7) is 5.55. The molecule has 1 rings (SSSR count). The summed E-state index contributed by atoms with van der Waals surface area (Å²) < 4.78 is 0.984. The highest BCUT2D eigenvalue weighted by molar-refractivity contribution is 9.10. The summed E-state index contributed by atoms with van der Waals surface area (Å²) in [4.78, 5) is 11.3. The first-order chi connectivity index (χ1) is 7.41. The number of hydrogen-bond acceptors (Lipinski definition) is 2.